The highest BCUT2D eigenvalue weighted by atomic mass is 127. The third-order valence-electron chi connectivity index (χ3n) is 4.56. The lowest BCUT2D eigenvalue weighted by Crippen LogP contribution is -2.43. The van der Waals surface area contributed by atoms with E-state index in [0.717, 1.165) is 30.2 Å². The molecule has 0 amide bonds. The Kier molecular flexibility index (Phi) is 11.3. The maximum Gasteiger partial charge on any atom is 0.216 e. The minimum Gasteiger partial charge on any atom is -0.357 e. The smallest absolute Gasteiger partial charge is 0.216 e. The molecule has 1 heterocycles. The normalized spacial score (nSPS) is 19.8. The van der Waals surface area contributed by atoms with Gasteiger partial charge in [0.25, 0.3) is 0 Å². The summed E-state index contributed by atoms with van der Waals surface area (Å²) in [5.41, 5.74) is 1.71. The molecular formula is C20H35IN4O2S2. The average molecular weight is 555 g/mol. The predicted molar refractivity (Wildman–Crippen MR) is 136 cm³/mol. The molecule has 1 aromatic rings. The fourth-order valence-electron chi connectivity index (χ4n) is 3.21. The van der Waals surface area contributed by atoms with Gasteiger partial charge in [-0.3, -0.25) is 0 Å². The van der Waals surface area contributed by atoms with Gasteiger partial charge < -0.3 is 10.6 Å². The van der Waals surface area contributed by atoms with Gasteiger partial charge in [-0.25, -0.2) is 18.1 Å². The fraction of sp³-hybridized carbons (Fsp3) is 0.650. The van der Waals surface area contributed by atoms with E-state index < -0.39 is 10.0 Å². The van der Waals surface area contributed by atoms with Crippen molar-refractivity contribution in [2.75, 3.05) is 18.8 Å². The van der Waals surface area contributed by atoms with Crippen LogP contribution >= 0.6 is 35.7 Å². The van der Waals surface area contributed by atoms with Gasteiger partial charge in [0.1, 0.15) is 0 Å². The van der Waals surface area contributed by atoms with E-state index in [1.54, 1.807) is 0 Å². The second-order valence-corrected chi connectivity index (χ2v) is 11.2. The van der Waals surface area contributed by atoms with Crippen LogP contribution in [0.25, 0.3) is 0 Å². The molecule has 166 valence electrons. The lowest BCUT2D eigenvalue weighted by atomic mass is 10.1. The van der Waals surface area contributed by atoms with Crippen LogP contribution in [0.4, 0.5) is 0 Å². The van der Waals surface area contributed by atoms with Crippen molar-refractivity contribution in [3.63, 3.8) is 0 Å². The van der Waals surface area contributed by atoms with Gasteiger partial charge in [-0.15, -0.1) is 24.0 Å². The summed E-state index contributed by atoms with van der Waals surface area (Å²) >= 11 is 2.01. The third kappa shape index (κ3) is 9.44. The number of hydrogen-bond donors (Lipinski definition) is 3. The van der Waals surface area contributed by atoms with Crippen molar-refractivity contribution in [1.82, 2.24) is 15.4 Å². The first-order chi connectivity index (χ1) is 13.2. The third-order valence-corrected chi connectivity index (χ3v) is 7.62. The number of rotatable bonds is 9. The van der Waals surface area contributed by atoms with Crippen LogP contribution in [0, 0.1) is 0 Å². The van der Waals surface area contributed by atoms with Gasteiger partial charge in [0, 0.05) is 23.9 Å². The Morgan fingerprint density at radius 1 is 1.24 bits per heavy atom. The molecular weight excluding hydrogens is 519 g/mol. The van der Waals surface area contributed by atoms with E-state index in [9.17, 15) is 8.42 Å². The van der Waals surface area contributed by atoms with E-state index in [1.165, 1.54) is 18.6 Å². The Morgan fingerprint density at radius 2 is 1.93 bits per heavy atom. The van der Waals surface area contributed by atoms with E-state index in [-0.39, 0.29) is 40.5 Å². The van der Waals surface area contributed by atoms with Crippen molar-refractivity contribution >= 4 is 51.7 Å². The summed E-state index contributed by atoms with van der Waals surface area (Å²) in [4.78, 5) is 4.70. The summed E-state index contributed by atoms with van der Waals surface area (Å²) in [5, 5.41) is 6.74. The highest BCUT2D eigenvalue weighted by Crippen LogP contribution is 2.36. The largest absolute Gasteiger partial charge is 0.357 e. The van der Waals surface area contributed by atoms with Gasteiger partial charge in [0.15, 0.2) is 5.96 Å². The Balaban J connectivity index is 0.00000420. The first-order valence-electron chi connectivity index (χ1n) is 9.96. The Hall–Kier alpha value is -0.520. The summed E-state index contributed by atoms with van der Waals surface area (Å²) in [7, 11) is -3.37. The topological polar surface area (TPSA) is 82.6 Å². The summed E-state index contributed by atoms with van der Waals surface area (Å²) in [6.45, 7) is 10.1. The molecule has 1 unspecified atom stereocenters. The molecule has 3 N–H and O–H groups in total. The maximum atomic E-state index is 12.3. The molecule has 2 rings (SSSR count). The van der Waals surface area contributed by atoms with Crippen molar-refractivity contribution in [3.05, 3.63) is 35.4 Å². The Bertz CT molecular complexity index is 763. The molecule has 9 heteroatoms. The molecule has 1 fully saturated rings. The summed E-state index contributed by atoms with van der Waals surface area (Å²) < 4.78 is 27.5. The van der Waals surface area contributed by atoms with Gasteiger partial charge in [0.05, 0.1) is 12.3 Å². The number of nitrogens with one attached hydrogen (secondary N) is 3. The van der Waals surface area contributed by atoms with Crippen LogP contribution in [0.2, 0.25) is 0 Å². The number of benzene rings is 1. The van der Waals surface area contributed by atoms with Gasteiger partial charge in [0.2, 0.25) is 10.0 Å². The molecule has 29 heavy (non-hydrogen) atoms. The standard InChI is InChI=1S/C20H34N4O2S2.HI/c1-5-21-19(23-15-20(4)11-8-12-27-20)22-13-17-9-6-7-10-18(17)14-28(25,26)24-16(2)3;/h6-7,9-10,16,24H,5,8,11-15H2,1-4H3,(H2,21,22,23);1H. The van der Waals surface area contributed by atoms with Crippen LogP contribution in [0.5, 0.6) is 0 Å². The number of guanidine groups is 1. The predicted octanol–water partition coefficient (Wildman–Crippen LogP) is 3.47. The number of nitrogens with zero attached hydrogens (tertiary/aromatic N) is 1. The Labute approximate surface area is 197 Å². The van der Waals surface area contributed by atoms with Crippen molar-refractivity contribution in [2.45, 2.75) is 63.6 Å². The molecule has 1 aromatic carbocycles. The van der Waals surface area contributed by atoms with Crippen LogP contribution in [-0.4, -0.2) is 44.0 Å². The van der Waals surface area contributed by atoms with Crippen LogP contribution in [-0.2, 0) is 22.3 Å². The van der Waals surface area contributed by atoms with Crippen molar-refractivity contribution < 1.29 is 8.42 Å². The van der Waals surface area contributed by atoms with E-state index in [4.69, 9.17) is 4.99 Å². The summed E-state index contributed by atoms with van der Waals surface area (Å²) in [5.74, 6) is 1.96. The quantitative estimate of drug-likeness (QED) is 0.248. The van der Waals surface area contributed by atoms with Gasteiger partial charge in [-0.05, 0) is 57.4 Å². The molecule has 1 saturated heterocycles. The van der Waals surface area contributed by atoms with Gasteiger partial charge >= 0.3 is 0 Å². The Morgan fingerprint density at radius 3 is 2.52 bits per heavy atom. The number of sulfonamides is 1. The molecule has 1 aliphatic rings. The number of hydrogen-bond acceptors (Lipinski definition) is 4. The lowest BCUT2D eigenvalue weighted by Gasteiger charge is -2.24. The zero-order valence-electron chi connectivity index (χ0n) is 17.8. The maximum absolute atomic E-state index is 12.3. The number of aliphatic imine (C=N–C) groups is 1. The van der Waals surface area contributed by atoms with E-state index in [1.807, 2.05) is 56.8 Å². The van der Waals surface area contributed by atoms with Gasteiger partial charge in [-0.1, -0.05) is 24.3 Å². The second-order valence-electron chi connectivity index (χ2n) is 7.75. The van der Waals surface area contributed by atoms with Crippen molar-refractivity contribution in [1.29, 1.82) is 0 Å². The minimum absolute atomic E-state index is 0. The minimum atomic E-state index is -3.37. The summed E-state index contributed by atoms with van der Waals surface area (Å²) in [6, 6.07) is 7.49. The average Bonchev–Trinajstić information content (AvgIpc) is 3.04. The zero-order valence-corrected chi connectivity index (χ0v) is 21.8. The fourth-order valence-corrected chi connectivity index (χ4v) is 5.95. The van der Waals surface area contributed by atoms with Crippen LogP contribution < -0.4 is 15.4 Å². The van der Waals surface area contributed by atoms with Crippen LogP contribution in [0.3, 0.4) is 0 Å². The van der Waals surface area contributed by atoms with E-state index in [2.05, 4.69) is 22.3 Å². The molecule has 1 atom stereocenters. The van der Waals surface area contributed by atoms with Crippen molar-refractivity contribution in [3.8, 4) is 0 Å². The second kappa shape index (κ2) is 12.4. The first kappa shape index (κ1) is 26.5. The van der Waals surface area contributed by atoms with Crippen LogP contribution in [0.1, 0.15) is 51.7 Å². The molecule has 6 nitrogen and oxygen atoms in total. The molecule has 0 aromatic heterocycles. The number of thioether (sulfide) groups is 1. The molecule has 1 aliphatic heterocycles. The SMILES string of the molecule is CCNC(=NCc1ccccc1CS(=O)(=O)NC(C)C)NCC1(C)CCCS1.I. The molecule has 0 saturated carbocycles. The monoisotopic (exact) mass is 554 g/mol. The summed E-state index contributed by atoms with van der Waals surface area (Å²) in [6.07, 6.45) is 2.48. The van der Waals surface area contributed by atoms with Crippen molar-refractivity contribution in [2.24, 2.45) is 4.99 Å². The molecule has 0 bridgehead atoms. The first-order valence-corrected chi connectivity index (χ1v) is 12.6. The van der Waals surface area contributed by atoms with Gasteiger partial charge in [-0.2, -0.15) is 11.8 Å². The van der Waals surface area contributed by atoms with E-state index in [0.29, 0.717) is 6.54 Å². The molecule has 0 radical (unpaired) electrons. The highest BCUT2D eigenvalue weighted by molar-refractivity contribution is 14.0. The zero-order chi connectivity index (χ0) is 20.6. The highest BCUT2D eigenvalue weighted by Gasteiger charge is 2.29. The molecule has 0 spiro atoms. The van der Waals surface area contributed by atoms with E-state index >= 15 is 0 Å². The van der Waals surface area contributed by atoms with Crippen LogP contribution in [0.15, 0.2) is 29.3 Å². The lowest BCUT2D eigenvalue weighted by molar-refractivity contribution is 0.568. The number of halogens is 1. The molecule has 0 aliphatic carbocycles.